The highest BCUT2D eigenvalue weighted by molar-refractivity contribution is 5.77. The van der Waals surface area contributed by atoms with Crippen LogP contribution in [0.15, 0.2) is 54.6 Å². The Morgan fingerprint density at radius 1 is 1.00 bits per heavy atom. The number of phenolic OH excluding ortho intramolecular Hbond substituents is 1. The molecule has 1 amide bonds. The molecule has 1 atom stereocenters. The maximum atomic E-state index is 12.5. The summed E-state index contributed by atoms with van der Waals surface area (Å²) in [6, 6.07) is 16.8. The molecule has 3 rings (SSSR count). The topological polar surface area (TPSA) is 69.8 Å². The molecule has 1 fully saturated rings. The van der Waals surface area contributed by atoms with E-state index in [4.69, 9.17) is 5.73 Å². The molecule has 2 aromatic carbocycles. The van der Waals surface area contributed by atoms with Crippen LogP contribution in [0, 0.1) is 0 Å². The van der Waals surface area contributed by atoms with Gasteiger partial charge in [-0.05, 0) is 17.7 Å². The second kappa shape index (κ2) is 7.36. The van der Waals surface area contributed by atoms with Gasteiger partial charge in [-0.25, -0.2) is 0 Å². The number of para-hydroxylation sites is 2. The zero-order chi connectivity index (χ0) is 16.9. The number of anilines is 1. The van der Waals surface area contributed by atoms with Gasteiger partial charge in [-0.2, -0.15) is 0 Å². The molecule has 3 N–H and O–H groups in total. The standard InChI is InChI=1S/C19H23N3O2/c20-16(15-6-2-1-3-7-15)14-19(24)22-12-10-21(11-13-22)17-8-4-5-9-18(17)23/h1-9,16,23H,10-14,20H2. The molecule has 0 radical (unpaired) electrons. The third kappa shape index (κ3) is 3.68. The Balaban J connectivity index is 1.55. The molecule has 24 heavy (non-hydrogen) atoms. The first-order valence-electron chi connectivity index (χ1n) is 8.26. The summed E-state index contributed by atoms with van der Waals surface area (Å²) in [5.41, 5.74) is 7.96. The van der Waals surface area contributed by atoms with Gasteiger partial charge in [0.1, 0.15) is 5.75 Å². The molecule has 1 aliphatic rings. The summed E-state index contributed by atoms with van der Waals surface area (Å²) in [6.07, 6.45) is 0.320. The summed E-state index contributed by atoms with van der Waals surface area (Å²) in [7, 11) is 0. The van der Waals surface area contributed by atoms with Gasteiger partial charge in [-0.3, -0.25) is 4.79 Å². The number of aromatic hydroxyl groups is 1. The summed E-state index contributed by atoms with van der Waals surface area (Å²) in [4.78, 5) is 16.4. The second-order valence-corrected chi connectivity index (χ2v) is 6.08. The third-order valence-corrected chi connectivity index (χ3v) is 4.48. The Hall–Kier alpha value is -2.53. The van der Waals surface area contributed by atoms with E-state index in [2.05, 4.69) is 4.90 Å². The van der Waals surface area contributed by atoms with Crippen LogP contribution in [-0.2, 0) is 4.79 Å². The maximum absolute atomic E-state index is 12.5. The quantitative estimate of drug-likeness (QED) is 0.903. The maximum Gasteiger partial charge on any atom is 0.224 e. The molecule has 1 unspecified atom stereocenters. The fraction of sp³-hybridized carbons (Fsp3) is 0.316. The lowest BCUT2D eigenvalue weighted by molar-refractivity contribution is -0.131. The van der Waals surface area contributed by atoms with Crippen molar-refractivity contribution in [2.24, 2.45) is 5.73 Å². The molecular formula is C19H23N3O2. The lowest BCUT2D eigenvalue weighted by atomic mass is 10.0. The molecule has 0 saturated carbocycles. The van der Waals surface area contributed by atoms with Gasteiger partial charge in [0.15, 0.2) is 0 Å². The summed E-state index contributed by atoms with van der Waals surface area (Å²) in [6.45, 7) is 2.72. The lowest BCUT2D eigenvalue weighted by Gasteiger charge is -2.36. The van der Waals surface area contributed by atoms with Gasteiger partial charge < -0.3 is 20.6 Å². The van der Waals surface area contributed by atoms with E-state index in [1.807, 2.05) is 53.4 Å². The van der Waals surface area contributed by atoms with Crippen LogP contribution in [0.5, 0.6) is 5.75 Å². The smallest absolute Gasteiger partial charge is 0.224 e. The largest absolute Gasteiger partial charge is 0.506 e. The van der Waals surface area contributed by atoms with Crippen LogP contribution in [0.25, 0.3) is 0 Å². The van der Waals surface area contributed by atoms with E-state index in [0.717, 1.165) is 11.3 Å². The van der Waals surface area contributed by atoms with Gasteiger partial charge in [0.25, 0.3) is 0 Å². The van der Waals surface area contributed by atoms with Crippen molar-refractivity contribution in [3.63, 3.8) is 0 Å². The number of hydrogen-bond donors (Lipinski definition) is 2. The molecule has 0 bridgehead atoms. The van der Waals surface area contributed by atoms with Crippen LogP contribution < -0.4 is 10.6 Å². The summed E-state index contributed by atoms with van der Waals surface area (Å²) >= 11 is 0. The number of nitrogens with zero attached hydrogens (tertiary/aromatic N) is 2. The van der Waals surface area contributed by atoms with Crippen molar-refractivity contribution < 1.29 is 9.90 Å². The fourth-order valence-corrected chi connectivity index (χ4v) is 3.06. The highest BCUT2D eigenvalue weighted by Crippen LogP contribution is 2.27. The Bertz CT molecular complexity index is 682. The number of amides is 1. The number of piperazine rings is 1. The molecule has 0 aliphatic carbocycles. The molecule has 1 aliphatic heterocycles. The number of hydrogen-bond acceptors (Lipinski definition) is 4. The number of nitrogens with two attached hydrogens (primary N) is 1. The van der Waals surface area contributed by atoms with Crippen molar-refractivity contribution in [3.05, 3.63) is 60.2 Å². The third-order valence-electron chi connectivity index (χ3n) is 4.48. The Labute approximate surface area is 142 Å². The van der Waals surface area contributed by atoms with Crippen molar-refractivity contribution in [1.82, 2.24) is 4.90 Å². The predicted molar refractivity (Wildman–Crippen MR) is 94.9 cm³/mol. The van der Waals surface area contributed by atoms with E-state index >= 15 is 0 Å². The first-order valence-corrected chi connectivity index (χ1v) is 8.26. The van der Waals surface area contributed by atoms with E-state index in [1.54, 1.807) is 6.07 Å². The predicted octanol–water partition coefficient (Wildman–Crippen LogP) is 2.13. The zero-order valence-electron chi connectivity index (χ0n) is 13.6. The fourth-order valence-electron chi connectivity index (χ4n) is 3.06. The number of rotatable bonds is 4. The van der Waals surface area contributed by atoms with Crippen LogP contribution in [0.2, 0.25) is 0 Å². The van der Waals surface area contributed by atoms with Gasteiger partial charge in [0, 0.05) is 38.6 Å². The van der Waals surface area contributed by atoms with E-state index in [9.17, 15) is 9.90 Å². The minimum Gasteiger partial charge on any atom is -0.506 e. The lowest BCUT2D eigenvalue weighted by Crippen LogP contribution is -2.49. The molecule has 126 valence electrons. The molecule has 0 spiro atoms. The van der Waals surface area contributed by atoms with Crippen molar-refractivity contribution in [1.29, 1.82) is 0 Å². The monoisotopic (exact) mass is 325 g/mol. The van der Waals surface area contributed by atoms with Crippen LogP contribution in [0.1, 0.15) is 18.0 Å². The Kier molecular flexibility index (Phi) is 5.01. The van der Waals surface area contributed by atoms with Gasteiger partial charge >= 0.3 is 0 Å². The van der Waals surface area contributed by atoms with E-state index in [1.165, 1.54) is 0 Å². The molecule has 5 heteroatoms. The molecule has 1 saturated heterocycles. The number of phenols is 1. The average Bonchev–Trinajstić information content (AvgIpc) is 2.63. The Morgan fingerprint density at radius 2 is 1.62 bits per heavy atom. The summed E-state index contributed by atoms with van der Waals surface area (Å²) in [5, 5.41) is 9.94. The average molecular weight is 325 g/mol. The highest BCUT2D eigenvalue weighted by Gasteiger charge is 2.24. The van der Waals surface area contributed by atoms with Gasteiger partial charge in [-0.1, -0.05) is 42.5 Å². The SMILES string of the molecule is NC(CC(=O)N1CCN(c2ccccc2O)CC1)c1ccccc1. The minimum atomic E-state index is -0.269. The number of carbonyl (C=O) groups excluding carboxylic acids is 1. The normalized spacial score (nSPS) is 16.0. The molecule has 1 heterocycles. The van der Waals surface area contributed by atoms with Gasteiger partial charge in [0.05, 0.1) is 5.69 Å². The summed E-state index contributed by atoms with van der Waals surface area (Å²) < 4.78 is 0. The van der Waals surface area contributed by atoms with Crippen molar-refractivity contribution >= 4 is 11.6 Å². The zero-order valence-corrected chi connectivity index (χ0v) is 13.6. The molecular weight excluding hydrogens is 302 g/mol. The first kappa shape index (κ1) is 16.3. The highest BCUT2D eigenvalue weighted by atomic mass is 16.3. The van der Waals surface area contributed by atoms with Gasteiger partial charge in [0.2, 0.25) is 5.91 Å². The number of benzene rings is 2. The van der Waals surface area contributed by atoms with E-state index < -0.39 is 0 Å². The van der Waals surface area contributed by atoms with Crippen molar-refractivity contribution in [2.75, 3.05) is 31.1 Å². The Morgan fingerprint density at radius 3 is 2.29 bits per heavy atom. The van der Waals surface area contributed by atoms with Crippen LogP contribution in [0.4, 0.5) is 5.69 Å². The summed E-state index contributed by atoms with van der Waals surface area (Å²) in [5.74, 6) is 0.367. The van der Waals surface area contributed by atoms with Crippen molar-refractivity contribution in [3.8, 4) is 5.75 Å². The molecule has 2 aromatic rings. The van der Waals surface area contributed by atoms with Crippen LogP contribution in [-0.4, -0.2) is 42.1 Å². The van der Waals surface area contributed by atoms with Crippen LogP contribution in [0.3, 0.4) is 0 Å². The van der Waals surface area contributed by atoms with Crippen molar-refractivity contribution in [2.45, 2.75) is 12.5 Å². The second-order valence-electron chi connectivity index (χ2n) is 6.08. The van der Waals surface area contributed by atoms with E-state index in [-0.39, 0.29) is 17.7 Å². The van der Waals surface area contributed by atoms with E-state index in [0.29, 0.717) is 32.6 Å². The number of carbonyl (C=O) groups is 1. The van der Waals surface area contributed by atoms with Gasteiger partial charge in [-0.15, -0.1) is 0 Å². The van der Waals surface area contributed by atoms with Crippen LogP contribution >= 0.6 is 0 Å². The first-order chi connectivity index (χ1) is 11.6. The molecule has 5 nitrogen and oxygen atoms in total. The molecule has 0 aromatic heterocycles. The minimum absolute atomic E-state index is 0.0864.